The van der Waals surface area contributed by atoms with Crippen molar-refractivity contribution in [3.8, 4) is 5.75 Å². The molecule has 190 valence electrons. The minimum Gasteiger partial charge on any atom is -0.497 e. The molecular weight excluding hydrogens is 465 g/mol. The number of anilines is 2. The highest BCUT2D eigenvalue weighted by Gasteiger charge is 2.21. The van der Waals surface area contributed by atoms with Crippen molar-refractivity contribution in [1.29, 1.82) is 0 Å². The summed E-state index contributed by atoms with van der Waals surface area (Å²) >= 11 is 0. The number of amides is 2. The maximum absolute atomic E-state index is 13.2. The average Bonchev–Trinajstić information content (AvgIpc) is 2.92. The number of likely N-dealkylation sites (tertiary alicyclic amines) is 1. The van der Waals surface area contributed by atoms with Crippen molar-refractivity contribution in [1.82, 2.24) is 4.90 Å². The molecule has 1 aliphatic heterocycles. The van der Waals surface area contributed by atoms with Gasteiger partial charge in [0, 0.05) is 23.7 Å². The lowest BCUT2D eigenvalue weighted by molar-refractivity contribution is 0.177. The van der Waals surface area contributed by atoms with Crippen LogP contribution in [0.15, 0.2) is 84.9 Å². The van der Waals surface area contributed by atoms with Crippen molar-refractivity contribution in [2.45, 2.75) is 25.8 Å². The molecule has 4 aromatic rings. The molecule has 0 spiro atoms. The number of nitrogens with zero attached hydrogens (tertiary/aromatic N) is 1. The molecule has 5 nitrogen and oxygen atoms in total. The topological polar surface area (TPSA) is 53.6 Å². The van der Waals surface area contributed by atoms with Gasteiger partial charge in [-0.2, -0.15) is 0 Å². The fourth-order valence-corrected chi connectivity index (χ4v) is 5.12. The van der Waals surface area contributed by atoms with Gasteiger partial charge in [-0.05, 0) is 79.0 Å². The number of hydrogen-bond donors (Lipinski definition) is 2. The van der Waals surface area contributed by atoms with Gasteiger partial charge in [-0.25, -0.2) is 9.18 Å². The Hall–Kier alpha value is -3.90. The molecule has 1 fully saturated rings. The molecule has 6 heteroatoms. The van der Waals surface area contributed by atoms with Crippen LogP contribution in [0.25, 0.3) is 10.8 Å². The van der Waals surface area contributed by atoms with Crippen LogP contribution in [0.1, 0.15) is 24.0 Å². The standard InChI is InChI=1S/C31H32FN3O2/c1-37-28-7-4-6-27(20-28)33-31(36)34-30-25(12-11-24-5-2-3-8-29(24)30)21-35-17-15-23(16-18-35)19-22-9-13-26(32)14-10-22/h2-14,20,23H,15-19,21H2,1H3,(H2,33,34,36). The number of piperidine rings is 1. The van der Waals surface area contributed by atoms with E-state index < -0.39 is 0 Å². The molecule has 0 bridgehead atoms. The number of urea groups is 1. The number of carbonyl (C=O) groups excluding carboxylic acids is 1. The molecule has 5 rings (SSSR count). The summed E-state index contributed by atoms with van der Waals surface area (Å²) in [7, 11) is 1.60. The van der Waals surface area contributed by atoms with Crippen LogP contribution in [-0.2, 0) is 13.0 Å². The Balaban J connectivity index is 1.27. The maximum atomic E-state index is 13.2. The molecule has 0 saturated carbocycles. The van der Waals surface area contributed by atoms with E-state index in [1.165, 1.54) is 5.56 Å². The molecular formula is C31H32FN3O2. The molecule has 2 amide bonds. The van der Waals surface area contributed by atoms with E-state index in [-0.39, 0.29) is 11.8 Å². The summed E-state index contributed by atoms with van der Waals surface area (Å²) in [6, 6.07) is 26.3. The van der Waals surface area contributed by atoms with E-state index in [1.54, 1.807) is 25.3 Å². The van der Waals surface area contributed by atoms with E-state index in [0.29, 0.717) is 17.4 Å². The highest BCUT2D eigenvalue weighted by atomic mass is 19.1. The number of methoxy groups -OCH3 is 1. The molecule has 0 atom stereocenters. The van der Waals surface area contributed by atoms with Gasteiger partial charge in [-0.1, -0.05) is 54.6 Å². The number of nitrogens with one attached hydrogen (secondary N) is 2. The number of halogens is 1. The van der Waals surface area contributed by atoms with E-state index in [4.69, 9.17) is 4.74 Å². The summed E-state index contributed by atoms with van der Waals surface area (Å²) in [6.07, 6.45) is 3.19. The monoisotopic (exact) mass is 497 g/mol. The first-order chi connectivity index (χ1) is 18.1. The summed E-state index contributed by atoms with van der Waals surface area (Å²) in [6.45, 7) is 2.76. The minimum atomic E-state index is -0.288. The number of ether oxygens (including phenoxy) is 1. The lowest BCUT2D eigenvalue weighted by atomic mass is 9.90. The molecule has 1 aliphatic rings. The maximum Gasteiger partial charge on any atom is 0.323 e. The number of carbonyl (C=O) groups is 1. The average molecular weight is 498 g/mol. The molecule has 0 unspecified atom stereocenters. The van der Waals surface area contributed by atoms with Gasteiger partial charge < -0.3 is 15.4 Å². The van der Waals surface area contributed by atoms with E-state index in [0.717, 1.165) is 60.9 Å². The summed E-state index contributed by atoms with van der Waals surface area (Å²) in [5.41, 5.74) is 3.80. The third kappa shape index (κ3) is 6.27. The minimum absolute atomic E-state index is 0.185. The first-order valence-corrected chi connectivity index (χ1v) is 12.8. The second-order valence-corrected chi connectivity index (χ2v) is 9.68. The van der Waals surface area contributed by atoms with E-state index in [2.05, 4.69) is 39.8 Å². The third-order valence-corrected chi connectivity index (χ3v) is 7.12. The second-order valence-electron chi connectivity index (χ2n) is 9.68. The smallest absolute Gasteiger partial charge is 0.323 e. The first-order valence-electron chi connectivity index (χ1n) is 12.8. The van der Waals surface area contributed by atoms with Crippen LogP contribution in [0.4, 0.5) is 20.6 Å². The Kier molecular flexibility index (Phi) is 7.66. The Morgan fingerprint density at radius 2 is 1.73 bits per heavy atom. The lowest BCUT2D eigenvalue weighted by Gasteiger charge is -2.32. The summed E-state index contributed by atoms with van der Waals surface area (Å²) in [4.78, 5) is 15.5. The molecule has 1 heterocycles. The number of fused-ring (bicyclic) bond motifs is 1. The highest BCUT2D eigenvalue weighted by Crippen LogP contribution is 2.31. The molecule has 2 N–H and O–H groups in total. The number of hydrogen-bond acceptors (Lipinski definition) is 3. The van der Waals surface area contributed by atoms with Crippen molar-refractivity contribution in [3.63, 3.8) is 0 Å². The van der Waals surface area contributed by atoms with Crippen molar-refractivity contribution >= 4 is 28.2 Å². The van der Waals surface area contributed by atoms with Gasteiger partial charge in [0.25, 0.3) is 0 Å². The van der Waals surface area contributed by atoms with Gasteiger partial charge in [-0.3, -0.25) is 4.90 Å². The van der Waals surface area contributed by atoms with Gasteiger partial charge in [0.2, 0.25) is 0 Å². The van der Waals surface area contributed by atoms with Crippen LogP contribution >= 0.6 is 0 Å². The van der Waals surface area contributed by atoms with E-state index in [9.17, 15) is 9.18 Å². The van der Waals surface area contributed by atoms with Gasteiger partial charge in [0.15, 0.2) is 0 Å². The Morgan fingerprint density at radius 3 is 2.51 bits per heavy atom. The summed E-state index contributed by atoms with van der Waals surface area (Å²) < 4.78 is 18.5. The van der Waals surface area contributed by atoms with Crippen LogP contribution < -0.4 is 15.4 Å². The van der Waals surface area contributed by atoms with Crippen LogP contribution in [0.2, 0.25) is 0 Å². The lowest BCUT2D eigenvalue weighted by Crippen LogP contribution is -2.34. The number of benzene rings is 4. The quantitative estimate of drug-likeness (QED) is 0.287. The fourth-order valence-electron chi connectivity index (χ4n) is 5.12. The van der Waals surface area contributed by atoms with Crippen molar-refractivity contribution in [2.75, 3.05) is 30.8 Å². The molecule has 4 aromatic carbocycles. The van der Waals surface area contributed by atoms with Gasteiger partial charge >= 0.3 is 6.03 Å². The zero-order valence-electron chi connectivity index (χ0n) is 21.0. The van der Waals surface area contributed by atoms with E-state index in [1.807, 2.05) is 42.5 Å². The largest absolute Gasteiger partial charge is 0.497 e. The predicted octanol–water partition coefficient (Wildman–Crippen LogP) is 7.09. The zero-order chi connectivity index (χ0) is 25.6. The fraction of sp³-hybridized carbons (Fsp3) is 0.258. The Bertz CT molecular complexity index is 1360. The Labute approximate surface area is 217 Å². The van der Waals surface area contributed by atoms with E-state index >= 15 is 0 Å². The molecule has 1 saturated heterocycles. The van der Waals surface area contributed by atoms with Gasteiger partial charge in [0.05, 0.1) is 12.8 Å². The van der Waals surface area contributed by atoms with Crippen LogP contribution in [0.3, 0.4) is 0 Å². The summed E-state index contributed by atoms with van der Waals surface area (Å²) in [5, 5.41) is 8.16. The normalized spacial score (nSPS) is 14.4. The highest BCUT2D eigenvalue weighted by molar-refractivity contribution is 6.07. The Morgan fingerprint density at radius 1 is 0.946 bits per heavy atom. The molecule has 0 radical (unpaired) electrons. The van der Waals surface area contributed by atoms with Crippen LogP contribution in [0, 0.1) is 11.7 Å². The SMILES string of the molecule is COc1cccc(NC(=O)Nc2c(CN3CCC(Cc4ccc(F)cc4)CC3)ccc3ccccc23)c1. The second kappa shape index (κ2) is 11.4. The van der Waals surface area contributed by atoms with Crippen molar-refractivity contribution in [2.24, 2.45) is 5.92 Å². The van der Waals surface area contributed by atoms with Crippen LogP contribution in [0.5, 0.6) is 5.75 Å². The summed E-state index contributed by atoms with van der Waals surface area (Å²) in [5.74, 6) is 1.10. The van der Waals surface area contributed by atoms with Crippen molar-refractivity contribution in [3.05, 3.63) is 102 Å². The van der Waals surface area contributed by atoms with Crippen molar-refractivity contribution < 1.29 is 13.9 Å². The predicted molar refractivity (Wildman–Crippen MR) is 148 cm³/mol. The molecule has 0 aliphatic carbocycles. The van der Waals surface area contributed by atoms with Gasteiger partial charge in [-0.15, -0.1) is 0 Å². The number of rotatable bonds is 7. The zero-order valence-corrected chi connectivity index (χ0v) is 21.0. The van der Waals surface area contributed by atoms with Crippen LogP contribution in [-0.4, -0.2) is 31.1 Å². The molecule has 0 aromatic heterocycles. The first kappa shape index (κ1) is 24.8. The third-order valence-electron chi connectivity index (χ3n) is 7.12. The molecule has 37 heavy (non-hydrogen) atoms. The van der Waals surface area contributed by atoms with Gasteiger partial charge in [0.1, 0.15) is 11.6 Å².